The lowest BCUT2D eigenvalue weighted by Gasteiger charge is -2.09. The number of nitrogens with one attached hydrogen (secondary N) is 1. The third-order valence-corrected chi connectivity index (χ3v) is 2.84. The van der Waals surface area contributed by atoms with Gasteiger partial charge in [-0.2, -0.15) is 0 Å². The number of hydrogen-bond acceptors (Lipinski definition) is 4. The van der Waals surface area contributed by atoms with Gasteiger partial charge < -0.3 is 14.8 Å². The Balaban J connectivity index is 2.39. The molecule has 1 aliphatic heterocycles. The van der Waals surface area contributed by atoms with Crippen molar-refractivity contribution in [2.75, 3.05) is 14.2 Å². The Bertz CT molecular complexity index is 521. The van der Waals surface area contributed by atoms with Crippen molar-refractivity contribution in [1.29, 1.82) is 0 Å². The predicted octanol–water partition coefficient (Wildman–Crippen LogP) is 1.36. The van der Waals surface area contributed by atoms with Gasteiger partial charge in [0.2, 0.25) is 0 Å². The molecule has 1 N–H and O–H groups in total. The maximum absolute atomic E-state index is 11.7. The second kappa shape index (κ2) is 4.33. The number of ether oxygens (including phenoxy) is 2. The summed E-state index contributed by atoms with van der Waals surface area (Å²) < 4.78 is 10.4. The molecule has 0 saturated carbocycles. The van der Waals surface area contributed by atoms with Crippen molar-refractivity contribution in [2.45, 2.75) is 19.4 Å². The van der Waals surface area contributed by atoms with Crippen LogP contribution in [-0.4, -0.2) is 31.5 Å². The molecule has 0 unspecified atom stereocenters. The zero-order valence-corrected chi connectivity index (χ0v) is 10.9. The number of nitrogens with zero attached hydrogens (tertiary/aromatic N) is 1. The van der Waals surface area contributed by atoms with Crippen molar-refractivity contribution < 1.29 is 14.3 Å². The van der Waals surface area contributed by atoms with Crippen LogP contribution in [0.15, 0.2) is 23.2 Å². The molecule has 5 heteroatoms. The van der Waals surface area contributed by atoms with Gasteiger partial charge in [0, 0.05) is 5.56 Å². The molecular formula is C13H16N2O3. The van der Waals surface area contributed by atoms with Gasteiger partial charge in [-0.15, -0.1) is 0 Å². The average Bonchev–Trinajstić information content (AvgIpc) is 2.63. The normalized spacial score (nSPS) is 17.1. The molecule has 0 radical (unpaired) electrons. The number of benzene rings is 1. The number of carbonyl (C=O) groups is 1. The van der Waals surface area contributed by atoms with E-state index in [1.54, 1.807) is 40.2 Å². The lowest BCUT2D eigenvalue weighted by molar-refractivity contribution is -0.122. The van der Waals surface area contributed by atoms with Crippen LogP contribution in [0.2, 0.25) is 0 Å². The standard InChI is InChI=1S/C13H16N2O3/c1-13(2)12(16)14-11(15-13)8-5-6-9(17-3)10(7-8)18-4/h5-7H,1-4H3,(H,14,15,16). The van der Waals surface area contributed by atoms with Gasteiger partial charge in [-0.1, -0.05) is 0 Å². The minimum atomic E-state index is -0.720. The molecule has 1 heterocycles. The van der Waals surface area contributed by atoms with Crippen LogP contribution in [-0.2, 0) is 4.79 Å². The van der Waals surface area contributed by atoms with Gasteiger partial charge in [0.05, 0.1) is 14.2 Å². The first-order valence-electron chi connectivity index (χ1n) is 5.61. The monoisotopic (exact) mass is 248 g/mol. The summed E-state index contributed by atoms with van der Waals surface area (Å²) in [6, 6.07) is 5.41. The van der Waals surface area contributed by atoms with Gasteiger partial charge in [-0.05, 0) is 32.0 Å². The first kappa shape index (κ1) is 12.4. The van der Waals surface area contributed by atoms with E-state index in [9.17, 15) is 4.79 Å². The third kappa shape index (κ3) is 2.03. The lowest BCUT2D eigenvalue weighted by atomic mass is 10.1. The second-order valence-electron chi connectivity index (χ2n) is 4.54. The number of amidine groups is 1. The summed E-state index contributed by atoms with van der Waals surface area (Å²) >= 11 is 0. The van der Waals surface area contributed by atoms with Crippen LogP contribution in [0.3, 0.4) is 0 Å². The highest BCUT2D eigenvalue weighted by Crippen LogP contribution is 2.28. The molecule has 1 aromatic rings. The number of rotatable bonds is 3. The largest absolute Gasteiger partial charge is 0.493 e. The van der Waals surface area contributed by atoms with Gasteiger partial charge in [0.15, 0.2) is 11.5 Å². The number of aliphatic imine (C=N–C) groups is 1. The Morgan fingerprint density at radius 1 is 1.17 bits per heavy atom. The van der Waals surface area contributed by atoms with Gasteiger partial charge in [0.1, 0.15) is 11.4 Å². The number of methoxy groups -OCH3 is 2. The van der Waals surface area contributed by atoms with E-state index in [0.717, 1.165) is 5.56 Å². The van der Waals surface area contributed by atoms with Crippen LogP contribution < -0.4 is 14.8 Å². The predicted molar refractivity (Wildman–Crippen MR) is 68.3 cm³/mol. The van der Waals surface area contributed by atoms with E-state index in [-0.39, 0.29) is 5.91 Å². The molecule has 18 heavy (non-hydrogen) atoms. The quantitative estimate of drug-likeness (QED) is 0.878. The van der Waals surface area contributed by atoms with Crippen LogP contribution >= 0.6 is 0 Å². The Kier molecular flexibility index (Phi) is 2.98. The molecule has 0 atom stereocenters. The van der Waals surface area contributed by atoms with Crippen LogP contribution in [0.5, 0.6) is 11.5 Å². The molecule has 5 nitrogen and oxygen atoms in total. The first-order valence-corrected chi connectivity index (χ1v) is 5.61. The van der Waals surface area contributed by atoms with E-state index < -0.39 is 5.54 Å². The number of hydrogen-bond donors (Lipinski definition) is 1. The van der Waals surface area contributed by atoms with Crippen molar-refractivity contribution in [3.63, 3.8) is 0 Å². The van der Waals surface area contributed by atoms with Gasteiger partial charge >= 0.3 is 0 Å². The number of carbonyl (C=O) groups excluding carboxylic acids is 1. The summed E-state index contributed by atoms with van der Waals surface area (Å²) in [5.74, 6) is 1.71. The van der Waals surface area contributed by atoms with Crippen LogP contribution in [0.25, 0.3) is 0 Å². The Hall–Kier alpha value is -2.04. The molecule has 1 aromatic carbocycles. The maximum Gasteiger partial charge on any atom is 0.252 e. The SMILES string of the molecule is COc1ccc(C2=NC(C)(C)C(=O)N2)cc1OC. The minimum Gasteiger partial charge on any atom is -0.493 e. The minimum absolute atomic E-state index is 0.104. The summed E-state index contributed by atoms with van der Waals surface area (Å²) in [6.45, 7) is 3.55. The van der Waals surface area contributed by atoms with Crippen LogP contribution in [0.1, 0.15) is 19.4 Å². The highest BCUT2D eigenvalue weighted by Gasteiger charge is 2.34. The number of amides is 1. The summed E-state index contributed by atoms with van der Waals surface area (Å²) in [5, 5.41) is 2.76. The second-order valence-corrected chi connectivity index (χ2v) is 4.54. The average molecular weight is 248 g/mol. The zero-order valence-electron chi connectivity index (χ0n) is 10.9. The Morgan fingerprint density at radius 2 is 1.83 bits per heavy atom. The van der Waals surface area contributed by atoms with Gasteiger partial charge in [-0.25, -0.2) is 0 Å². The highest BCUT2D eigenvalue weighted by atomic mass is 16.5. The van der Waals surface area contributed by atoms with Crippen molar-refractivity contribution in [3.05, 3.63) is 23.8 Å². The molecule has 0 aliphatic carbocycles. The summed E-state index contributed by atoms with van der Waals surface area (Å²) in [4.78, 5) is 16.0. The van der Waals surface area contributed by atoms with E-state index in [1.807, 2.05) is 6.07 Å². The fourth-order valence-electron chi connectivity index (χ4n) is 1.74. The van der Waals surface area contributed by atoms with Gasteiger partial charge in [-0.3, -0.25) is 9.79 Å². The molecule has 0 fully saturated rings. The Morgan fingerprint density at radius 3 is 2.33 bits per heavy atom. The molecule has 1 amide bonds. The Labute approximate surface area is 106 Å². The first-order chi connectivity index (χ1) is 8.47. The zero-order chi connectivity index (χ0) is 13.3. The van der Waals surface area contributed by atoms with E-state index in [0.29, 0.717) is 17.3 Å². The highest BCUT2D eigenvalue weighted by molar-refractivity contribution is 6.15. The smallest absolute Gasteiger partial charge is 0.252 e. The fraction of sp³-hybridized carbons (Fsp3) is 0.385. The van der Waals surface area contributed by atoms with Crippen LogP contribution in [0, 0.1) is 0 Å². The molecular weight excluding hydrogens is 232 g/mol. The summed E-state index contributed by atoms with van der Waals surface area (Å²) in [5.41, 5.74) is 0.0780. The van der Waals surface area contributed by atoms with Gasteiger partial charge in [0.25, 0.3) is 5.91 Å². The molecule has 96 valence electrons. The molecule has 0 aromatic heterocycles. The fourth-order valence-corrected chi connectivity index (χ4v) is 1.74. The molecule has 0 spiro atoms. The third-order valence-electron chi connectivity index (χ3n) is 2.84. The lowest BCUT2D eigenvalue weighted by Crippen LogP contribution is -2.34. The van der Waals surface area contributed by atoms with Crippen molar-refractivity contribution >= 4 is 11.7 Å². The maximum atomic E-state index is 11.7. The molecule has 2 rings (SSSR count). The van der Waals surface area contributed by atoms with E-state index in [1.165, 1.54) is 0 Å². The molecule has 0 saturated heterocycles. The topological polar surface area (TPSA) is 59.9 Å². The summed E-state index contributed by atoms with van der Waals surface area (Å²) in [6.07, 6.45) is 0. The van der Waals surface area contributed by atoms with Crippen molar-refractivity contribution in [2.24, 2.45) is 4.99 Å². The summed E-state index contributed by atoms with van der Waals surface area (Å²) in [7, 11) is 3.15. The van der Waals surface area contributed by atoms with E-state index in [4.69, 9.17) is 9.47 Å². The van der Waals surface area contributed by atoms with E-state index >= 15 is 0 Å². The van der Waals surface area contributed by atoms with Crippen molar-refractivity contribution in [3.8, 4) is 11.5 Å². The molecule has 0 bridgehead atoms. The van der Waals surface area contributed by atoms with Crippen molar-refractivity contribution in [1.82, 2.24) is 5.32 Å². The van der Waals surface area contributed by atoms with E-state index in [2.05, 4.69) is 10.3 Å². The van der Waals surface area contributed by atoms with Crippen LogP contribution in [0.4, 0.5) is 0 Å². The molecule has 1 aliphatic rings.